The van der Waals surface area contributed by atoms with E-state index in [4.69, 9.17) is 15.2 Å². The van der Waals surface area contributed by atoms with E-state index < -0.39 is 6.04 Å². The number of fused-ring (bicyclic) bond motifs is 1. The molecule has 2 aromatic rings. The summed E-state index contributed by atoms with van der Waals surface area (Å²) in [5.41, 5.74) is 7.66. The molecule has 2 N–H and O–H groups in total. The Morgan fingerprint density at radius 3 is 2.40 bits per heavy atom. The van der Waals surface area contributed by atoms with Crippen molar-refractivity contribution >= 4 is 0 Å². The van der Waals surface area contributed by atoms with Gasteiger partial charge in [-0.2, -0.15) is 0 Å². The predicted molar refractivity (Wildman–Crippen MR) is 74.5 cm³/mol. The van der Waals surface area contributed by atoms with Crippen molar-refractivity contribution in [3.05, 3.63) is 59.4 Å². The molecule has 104 valence electrons. The van der Waals surface area contributed by atoms with Crippen LogP contribution in [-0.4, -0.2) is 13.2 Å². The largest absolute Gasteiger partial charge is 0.486 e. The van der Waals surface area contributed by atoms with Gasteiger partial charge in [-0.1, -0.05) is 30.3 Å². The first-order valence-corrected chi connectivity index (χ1v) is 6.62. The van der Waals surface area contributed by atoms with Gasteiger partial charge in [-0.3, -0.25) is 0 Å². The molecule has 2 aromatic carbocycles. The Morgan fingerprint density at radius 1 is 1.05 bits per heavy atom. The fourth-order valence-corrected chi connectivity index (χ4v) is 2.34. The summed E-state index contributed by atoms with van der Waals surface area (Å²) in [5.74, 6) is 0.665. The first-order chi connectivity index (χ1) is 9.74. The average molecular weight is 273 g/mol. The summed E-state index contributed by atoms with van der Waals surface area (Å²) in [5, 5.41) is 0. The lowest BCUT2D eigenvalue weighted by Crippen LogP contribution is -2.19. The second-order valence-corrected chi connectivity index (χ2v) is 4.81. The lowest BCUT2D eigenvalue weighted by Gasteiger charge is -2.21. The molecule has 1 unspecified atom stereocenters. The second-order valence-electron chi connectivity index (χ2n) is 4.81. The summed E-state index contributed by atoms with van der Waals surface area (Å²) in [6.07, 6.45) is 0.581. The van der Waals surface area contributed by atoms with Gasteiger partial charge in [-0.15, -0.1) is 0 Å². The van der Waals surface area contributed by atoms with E-state index in [9.17, 15) is 4.39 Å². The standard InChI is InChI=1S/C16H16FNO2/c17-13-10-16-15(19-6-7-20-16)9-12(13)14(18)8-11-4-2-1-3-5-11/h1-5,9-10,14H,6-8,18H2. The van der Waals surface area contributed by atoms with Crippen LogP contribution < -0.4 is 15.2 Å². The van der Waals surface area contributed by atoms with E-state index in [0.717, 1.165) is 5.56 Å². The zero-order chi connectivity index (χ0) is 13.9. The molecule has 0 aliphatic carbocycles. The molecule has 0 radical (unpaired) electrons. The molecular formula is C16H16FNO2. The third kappa shape index (κ3) is 2.60. The van der Waals surface area contributed by atoms with Crippen molar-refractivity contribution in [2.24, 2.45) is 5.73 Å². The van der Waals surface area contributed by atoms with Crippen LogP contribution in [0.3, 0.4) is 0 Å². The zero-order valence-corrected chi connectivity index (χ0v) is 11.0. The molecule has 0 saturated carbocycles. The van der Waals surface area contributed by atoms with E-state index in [2.05, 4.69) is 0 Å². The molecule has 0 fully saturated rings. The van der Waals surface area contributed by atoms with Crippen molar-refractivity contribution < 1.29 is 13.9 Å². The molecule has 3 rings (SSSR count). The van der Waals surface area contributed by atoms with Gasteiger partial charge in [0, 0.05) is 17.7 Å². The van der Waals surface area contributed by atoms with Gasteiger partial charge in [-0.05, 0) is 18.1 Å². The Kier molecular flexibility index (Phi) is 3.56. The van der Waals surface area contributed by atoms with Crippen LogP contribution in [0.2, 0.25) is 0 Å². The molecule has 0 saturated heterocycles. The lowest BCUT2D eigenvalue weighted by molar-refractivity contribution is 0.170. The third-order valence-electron chi connectivity index (χ3n) is 3.36. The van der Waals surface area contributed by atoms with Crippen LogP contribution in [0.4, 0.5) is 4.39 Å². The van der Waals surface area contributed by atoms with Gasteiger partial charge in [0.1, 0.15) is 19.0 Å². The molecule has 1 aliphatic heterocycles. The maximum Gasteiger partial charge on any atom is 0.164 e. The summed E-state index contributed by atoms with van der Waals surface area (Å²) in [4.78, 5) is 0. The smallest absolute Gasteiger partial charge is 0.164 e. The van der Waals surface area contributed by atoms with Gasteiger partial charge in [-0.25, -0.2) is 4.39 Å². The minimum Gasteiger partial charge on any atom is -0.486 e. The minimum absolute atomic E-state index is 0.349. The van der Waals surface area contributed by atoms with Crippen molar-refractivity contribution in [1.29, 1.82) is 0 Å². The molecule has 0 aromatic heterocycles. The summed E-state index contributed by atoms with van der Waals surface area (Å²) in [6.45, 7) is 0.924. The Balaban J connectivity index is 1.86. The molecule has 1 heterocycles. The highest BCUT2D eigenvalue weighted by molar-refractivity contribution is 5.45. The number of nitrogens with two attached hydrogens (primary N) is 1. The van der Waals surface area contributed by atoms with Crippen molar-refractivity contribution in [3.8, 4) is 11.5 Å². The first-order valence-electron chi connectivity index (χ1n) is 6.62. The van der Waals surface area contributed by atoms with Crippen molar-refractivity contribution in [2.75, 3.05) is 13.2 Å². The van der Waals surface area contributed by atoms with E-state index >= 15 is 0 Å². The average Bonchev–Trinajstić information content (AvgIpc) is 2.47. The van der Waals surface area contributed by atoms with Gasteiger partial charge in [0.25, 0.3) is 0 Å². The number of ether oxygens (including phenoxy) is 2. The van der Waals surface area contributed by atoms with Gasteiger partial charge in [0.2, 0.25) is 0 Å². The zero-order valence-electron chi connectivity index (χ0n) is 11.0. The van der Waals surface area contributed by atoms with E-state index in [0.29, 0.717) is 36.7 Å². The number of hydrogen-bond donors (Lipinski definition) is 1. The van der Waals surface area contributed by atoms with Crippen LogP contribution in [0.5, 0.6) is 11.5 Å². The summed E-state index contributed by atoms with van der Waals surface area (Å²) < 4.78 is 24.9. The number of rotatable bonds is 3. The van der Waals surface area contributed by atoms with E-state index in [-0.39, 0.29) is 5.82 Å². The Morgan fingerprint density at radius 2 is 1.70 bits per heavy atom. The molecule has 3 nitrogen and oxygen atoms in total. The molecule has 4 heteroatoms. The van der Waals surface area contributed by atoms with Gasteiger partial charge < -0.3 is 15.2 Å². The van der Waals surface area contributed by atoms with Gasteiger partial charge in [0.15, 0.2) is 11.5 Å². The number of benzene rings is 2. The number of halogens is 1. The van der Waals surface area contributed by atoms with Crippen LogP contribution in [0.25, 0.3) is 0 Å². The van der Waals surface area contributed by atoms with Crippen molar-refractivity contribution in [1.82, 2.24) is 0 Å². The van der Waals surface area contributed by atoms with Crippen LogP contribution in [0.15, 0.2) is 42.5 Å². The summed E-state index contributed by atoms with van der Waals surface area (Å²) in [6, 6.07) is 12.4. The second kappa shape index (κ2) is 5.51. The fourth-order valence-electron chi connectivity index (χ4n) is 2.34. The highest BCUT2D eigenvalue weighted by Crippen LogP contribution is 2.34. The van der Waals surface area contributed by atoms with Crippen LogP contribution in [0, 0.1) is 5.82 Å². The molecule has 1 aliphatic rings. The summed E-state index contributed by atoms with van der Waals surface area (Å²) >= 11 is 0. The van der Waals surface area contributed by atoms with E-state index in [1.165, 1.54) is 6.07 Å². The third-order valence-corrected chi connectivity index (χ3v) is 3.36. The van der Waals surface area contributed by atoms with E-state index in [1.54, 1.807) is 6.07 Å². The molecular weight excluding hydrogens is 257 g/mol. The monoisotopic (exact) mass is 273 g/mol. The molecule has 1 atom stereocenters. The Bertz CT molecular complexity index is 601. The number of hydrogen-bond acceptors (Lipinski definition) is 3. The maximum atomic E-state index is 14.1. The predicted octanol–water partition coefficient (Wildman–Crippen LogP) is 2.84. The Labute approximate surface area is 117 Å². The van der Waals surface area contributed by atoms with Crippen molar-refractivity contribution in [2.45, 2.75) is 12.5 Å². The molecule has 0 amide bonds. The molecule has 0 spiro atoms. The normalized spacial score (nSPS) is 14.9. The van der Waals surface area contributed by atoms with Crippen LogP contribution in [-0.2, 0) is 6.42 Å². The van der Waals surface area contributed by atoms with E-state index in [1.807, 2.05) is 30.3 Å². The van der Waals surface area contributed by atoms with Gasteiger partial charge in [0.05, 0.1) is 0 Å². The molecule has 0 bridgehead atoms. The Hall–Kier alpha value is -2.07. The molecule has 20 heavy (non-hydrogen) atoms. The SMILES string of the molecule is NC(Cc1ccccc1)c1cc2c(cc1F)OCCO2. The van der Waals surface area contributed by atoms with Crippen molar-refractivity contribution in [3.63, 3.8) is 0 Å². The maximum absolute atomic E-state index is 14.1. The van der Waals surface area contributed by atoms with Crippen LogP contribution in [0.1, 0.15) is 17.2 Å². The fraction of sp³-hybridized carbons (Fsp3) is 0.250. The topological polar surface area (TPSA) is 44.5 Å². The first kappa shape index (κ1) is 12.9. The summed E-state index contributed by atoms with van der Waals surface area (Å²) in [7, 11) is 0. The lowest BCUT2D eigenvalue weighted by atomic mass is 9.98. The minimum atomic E-state index is -0.409. The van der Waals surface area contributed by atoms with Crippen LogP contribution >= 0.6 is 0 Å². The highest BCUT2D eigenvalue weighted by atomic mass is 19.1. The quantitative estimate of drug-likeness (QED) is 0.935. The highest BCUT2D eigenvalue weighted by Gasteiger charge is 2.19. The van der Waals surface area contributed by atoms with Gasteiger partial charge >= 0.3 is 0 Å².